The topological polar surface area (TPSA) is 56.4 Å². The normalized spacial score (nSPS) is 20.7. The lowest BCUT2D eigenvalue weighted by atomic mass is 9.95. The first kappa shape index (κ1) is 13.9. The Kier molecular flexibility index (Phi) is 3.48. The van der Waals surface area contributed by atoms with E-state index in [1.165, 1.54) is 0 Å². The summed E-state index contributed by atoms with van der Waals surface area (Å²) in [6.07, 6.45) is 0.283. The number of aromatic nitrogens is 2. The summed E-state index contributed by atoms with van der Waals surface area (Å²) in [4.78, 5) is 12.0. The van der Waals surface area contributed by atoms with Gasteiger partial charge >= 0.3 is 5.69 Å². The molecule has 2 unspecified atom stereocenters. The average Bonchev–Trinajstić information content (AvgIpc) is 3.03. The van der Waals surface area contributed by atoms with Gasteiger partial charge in [0, 0.05) is 31.1 Å². The maximum atomic E-state index is 12.0. The fraction of sp³-hybridized carbons (Fsp3) is 0.500. The summed E-state index contributed by atoms with van der Waals surface area (Å²) in [6, 6.07) is 3.79. The molecule has 1 N–H and O–H groups in total. The highest BCUT2D eigenvalue weighted by atomic mass is 79.9. The Morgan fingerprint density at radius 3 is 2.60 bits per heavy atom. The van der Waals surface area contributed by atoms with Crippen LogP contribution >= 0.6 is 15.9 Å². The van der Waals surface area contributed by atoms with Crippen LogP contribution < -0.4 is 5.69 Å². The molecule has 2 heterocycles. The number of rotatable bonds is 2. The molecule has 0 bridgehead atoms. The van der Waals surface area contributed by atoms with Crippen LogP contribution in [0.4, 0.5) is 0 Å². The van der Waals surface area contributed by atoms with E-state index in [0.29, 0.717) is 13.2 Å². The van der Waals surface area contributed by atoms with E-state index in [9.17, 15) is 9.90 Å². The van der Waals surface area contributed by atoms with Crippen molar-refractivity contribution in [3.05, 3.63) is 32.7 Å². The second-order valence-corrected chi connectivity index (χ2v) is 6.19. The van der Waals surface area contributed by atoms with Crippen LogP contribution in [-0.2, 0) is 18.8 Å². The smallest absolute Gasteiger partial charge is 0.328 e. The number of fused-ring (bicyclic) bond motifs is 1. The molecule has 5 nitrogen and oxygen atoms in total. The summed E-state index contributed by atoms with van der Waals surface area (Å²) in [5.41, 5.74) is 2.42. The molecule has 3 rings (SSSR count). The summed E-state index contributed by atoms with van der Waals surface area (Å²) in [5.74, 6) is 0.115. The van der Waals surface area contributed by atoms with Crippen LogP contribution in [-0.4, -0.2) is 27.5 Å². The van der Waals surface area contributed by atoms with Gasteiger partial charge in [0.2, 0.25) is 0 Å². The number of nitrogens with zero attached hydrogens (tertiary/aromatic N) is 2. The van der Waals surface area contributed by atoms with Gasteiger partial charge in [-0.15, -0.1) is 0 Å². The lowest BCUT2D eigenvalue weighted by molar-refractivity contribution is 0.0914. The van der Waals surface area contributed by atoms with Crippen molar-refractivity contribution in [1.82, 2.24) is 9.13 Å². The minimum Gasteiger partial charge on any atom is -0.388 e. The third-order valence-corrected chi connectivity index (χ3v) is 4.81. The van der Waals surface area contributed by atoms with E-state index in [4.69, 9.17) is 4.74 Å². The van der Waals surface area contributed by atoms with Crippen molar-refractivity contribution < 1.29 is 9.84 Å². The maximum absolute atomic E-state index is 12.0. The van der Waals surface area contributed by atoms with Crippen molar-refractivity contribution in [2.45, 2.75) is 12.5 Å². The van der Waals surface area contributed by atoms with Gasteiger partial charge in [-0.25, -0.2) is 4.79 Å². The second-order valence-electron chi connectivity index (χ2n) is 5.33. The fourth-order valence-electron chi connectivity index (χ4n) is 2.82. The molecule has 6 heteroatoms. The predicted molar refractivity (Wildman–Crippen MR) is 79.7 cm³/mol. The summed E-state index contributed by atoms with van der Waals surface area (Å²) in [6.45, 7) is 1.28. The van der Waals surface area contributed by atoms with Crippen molar-refractivity contribution in [3.63, 3.8) is 0 Å². The van der Waals surface area contributed by atoms with Crippen LogP contribution in [0.1, 0.15) is 18.1 Å². The van der Waals surface area contributed by atoms with Gasteiger partial charge in [-0.1, -0.05) is 15.9 Å². The van der Waals surface area contributed by atoms with E-state index in [0.717, 1.165) is 27.5 Å². The molecule has 0 saturated carbocycles. The lowest BCUT2D eigenvalue weighted by Crippen LogP contribution is -2.19. The van der Waals surface area contributed by atoms with E-state index >= 15 is 0 Å². The summed E-state index contributed by atoms with van der Waals surface area (Å²) >= 11 is 3.51. The highest BCUT2D eigenvalue weighted by Crippen LogP contribution is 2.35. The van der Waals surface area contributed by atoms with Crippen molar-refractivity contribution in [2.75, 3.05) is 13.2 Å². The first-order valence-electron chi connectivity index (χ1n) is 6.61. The van der Waals surface area contributed by atoms with E-state index in [1.54, 1.807) is 23.2 Å². The SMILES string of the molecule is Cn1c(=O)n(C)c2cc(C(O)C3CCOC3)c(Br)cc21. The third kappa shape index (κ3) is 2.03. The highest BCUT2D eigenvalue weighted by molar-refractivity contribution is 9.10. The Morgan fingerprint density at radius 2 is 2.00 bits per heavy atom. The average molecular weight is 341 g/mol. The molecule has 0 spiro atoms. The number of aliphatic hydroxyl groups excluding tert-OH is 1. The molecule has 1 saturated heterocycles. The first-order valence-corrected chi connectivity index (χ1v) is 7.40. The Hall–Kier alpha value is -1.11. The Bertz CT molecular complexity index is 713. The molecule has 1 aliphatic heterocycles. The number of hydrogen-bond donors (Lipinski definition) is 1. The van der Waals surface area contributed by atoms with Crippen LogP contribution in [0, 0.1) is 5.92 Å². The number of imidazole rings is 1. The Labute approximate surface area is 124 Å². The van der Waals surface area contributed by atoms with Crippen LogP contribution in [0.25, 0.3) is 11.0 Å². The number of aliphatic hydroxyl groups is 1. The molecule has 2 aromatic rings. The second kappa shape index (κ2) is 5.02. The quantitative estimate of drug-likeness (QED) is 0.905. The van der Waals surface area contributed by atoms with Crippen LogP contribution in [0.5, 0.6) is 0 Å². The Balaban J connectivity index is 2.14. The van der Waals surface area contributed by atoms with Gasteiger partial charge < -0.3 is 9.84 Å². The zero-order chi connectivity index (χ0) is 14.4. The molecule has 0 aliphatic carbocycles. The summed E-state index contributed by atoms with van der Waals surface area (Å²) < 4.78 is 9.37. The molecule has 1 aromatic carbocycles. The van der Waals surface area contributed by atoms with Gasteiger partial charge in [-0.2, -0.15) is 0 Å². The minimum absolute atomic E-state index is 0.0669. The largest absolute Gasteiger partial charge is 0.388 e. The number of ether oxygens (including phenoxy) is 1. The van der Waals surface area contributed by atoms with Gasteiger partial charge in [0.25, 0.3) is 0 Å². The summed E-state index contributed by atoms with van der Waals surface area (Å²) in [7, 11) is 3.49. The van der Waals surface area contributed by atoms with Crippen LogP contribution in [0.3, 0.4) is 0 Å². The molecule has 0 radical (unpaired) electrons. The molecule has 2 atom stereocenters. The van der Waals surface area contributed by atoms with E-state index in [1.807, 2.05) is 12.1 Å². The summed E-state index contributed by atoms with van der Waals surface area (Å²) in [5, 5.41) is 10.5. The standard InChI is InChI=1S/C14H17BrN2O3/c1-16-11-5-9(13(18)8-3-4-20-7-8)10(15)6-12(11)17(2)14(16)19/h5-6,8,13,18H,3-4,7H2,1-2H3. The molecule has 0 amide bonds. The van der Waals surface area contributed by atoms with Crippen LogP contribution in [0.15, 0.2) is 21.4 Å². The number of aryl methyl sites for hydroxylation is 2. The van der Waals surface area contributed by atoms with Crippen molar-refractivity contribution in [3.8, 4) is 0 Å². The van der Waals surface area contributed by atoms with E-state index in [2.05, 4.69) is 15.9 Å². The zero-order valence-corrected chi connectivity index (χ0v) is 13.1. The maximum Gasteiger partial charge on any atom is 0.328 e. The van der Waals surface area contributed by atoms with Gasteiger partial charge in [-0.3, -0.25) is 9.13 Å². The molecule has 20 heavy (non-hydrogen) atoms. The highest BCUT2D eigenvalue weighted by Gasteiger charge is 2.27. The monoisotopic (exact) mass is 340 g/mol. The number of halogens is 1. The molecule has 108 valence electrons. The molecule has 1 fully saturated rings. The van der Waals surface area contributed by atoms with E-state index in [-0.39, 0.29) is 11.6 Å². The van der Waals surface area contributed by atoms with Crippen molar-refractivity contribution in [2.24, 2.45) is 20.0 Å². The van der Waals surface area contributed by atoms with Crippen molar-refractivity contribution >= 4 is 27.0 Å². The van der Waals surface area contributed by atoms with Gasteiger partial charge in [0.1, 0.15) is 0 Å². The third-order valence-electron chi connectivity index (χ3n) is 4.12. The molecule has 1 aromatic heterocycles. The molecular weight excluding hydrogens is 324 g/mol. The predicted octanol–water partition coefficient (Wildman–Crippen LogP) is 1.71. The lowest BCUT2D eigenvalue weighted by Gasteiger charge is -2.18. The number of benzene rings is 1. The van der Waals surface area contributed by atoms with Gasteiger partial charge in [0.05, 0.1) is 23.7 Å². The molecular formula is C14H17BrN2O3. The van der Waals surface area contributed by atoms with Gasteiger partial charge in [0.15, 0.2) is 0 Å². The minimum atomic E-state index is -0.577. The zero-order valence-electron chi connectivity index (χ0n) is 11.5. The Morgan fingerprint density at radius 1 is 1.35 bits per heavy atom. The van der Waals surface area contributed by atoms with Gasteiger partial charge in [-0.05, 0) is 24.1 Å². The van der Waals surface area contributed by atoms with Crippen LogP contribution in [0.2, 0.25) is 0 Å². The number of hydrogen-bond acceptors (Lipinski definition) is 3. The fourth-order valence-corrected chi connectivity index (χ4v) is 3.38. The molecule has 1 aliphatic rings. The van der Waals surface area contributed by atoms with E-state index < -0.39 is 6.10 Å². The first-order chi connectivity index (χ1) is 9.50. The van der Waals surface area contributed by atoms with Crippen molar-refractivity contribution in [1.29, 1.82) is 0 Å².